The summed E-state index contributed by atoms with van der Waals surface area (Å²) in [4.78, 5) is 11.6. The topological polar surface area (TPSA) is 81.7 Å². The van der Waals surface area contributed by atoms with Crippen molar-refractivity contribution in [2.24, 2.45) is 0 Å². The van der Waals surface area contributed by atoms with E-state index in [9.17, 15) is 13.2 Å². The third-order valence-corrected chi connectivity index (χ3v) is 3.79. The zero-order valence-electron chi connectivity index (χ0n) is 10.4. The van der Waals surface area contributed by atoms with Crippen LogP contribution in [0, 0.1) is 0 Å². The minimum Gasteiger partial charge on any atom is -0.464 e. The summed E-state index contributed by atoms with van der Waals surface area (Å²) in [5.41, 5.74) is 0.781. The normalized spacial score (nSPS) is 25.7. The number of hydrogen-bond acceptors (Lipinski definition) is 5. The Balaban J connectivity index is 2.20. The first-order valence-corrected chi connectivity index (χ1v) is 7.35. The largest absolute Gasteiger partial charge is 0.464 e. The van der Waals surface area contributed by atoms with E-state index >= 15 is 0 Å². The van der Waals surface area contributed by atoms with Crippen LogP contribution in [0.4, 0.5) is 0 Å². The van der Waals surface area contributed by atoms with Crippen LogP contribution >= 0.6 is 0 Å². The predicted molar refractivity (Wildman–Crippen MR) is 67.4 cm³/mol. The lowest BCUT2D eigenvalue weighted by atomic mass is 10.0. The van der Waals surface area contributed by atoms with Gasteiger partial charge in [0, 0.05) is 6.42 Å². The van der Waals surface area contributed by atoms with Crippen molar-refractivity contribution in [1.82, 2.24) is 4.72 Å². The summed E-state index contributed by atoms with van der Waals surface area (Å²) < 4.78 is 35.1. The minimum absolute atomic E-state index is 0.183. The van der Waals surface area contributed by atoms with Gasteiger partial charge in [0.1, 0.15) is 0 Å². The fraction of sp³-hybridized carbons (Fsp3) is 0.417. The fourth-order valence-corrected chi connectivity index (χ4v) is 3.02. The van der Waals surface area contributed by atoms with Gasteiger partial charge in [-0.1, -0.05) is 30.3 Å². The van der Waals surface area contributed by atoms with Crippen molar-refractivity contribution in [3.05, 3.63) is 35.9 Å². The summed E-state index contributed by atoms with van der Waals surface area (Å²) in [7, 11) is -3.94. The van der Waals surface area contributed by atoms with E-state index in [0.29, 0.717) is 0 Å². The Kier molecular flexibility index (Phi) is 4.18. The number of hydrogen-bond donors (Lipinski definition) is 1. The van der Waals surface area contributed by atoms with E-state index < -0.39 is 28.4 Å². The van der Waals surface area contributed by atoms with Gasteiger partial charge in [-0.3, -0.25) is 0 Å². The van der Waals surface area contributed by atoms with Gasteiger partial charge in [-0.15, -0.1) is 0 Å². The first kappa shape index (κ1) is 14.0. The molecule has 0 spiro atoms. The molecular formula is C12H15NO5S. The van der Waals surface area contributed by atoms with Crippen LogP contribution < -0.4 is 4.72 Å². The predicted octanol–water partition coefficient (Wildman–Crippen LogP) is 0.914. The molecule has 2 unspecified atom stereocenters. The molecule has 0 aromatic heterocycles. The van der Waals surface area contributed by atoms with Crippen molar-refractivity contribution in [3.63, 3.8) is 0 Å². The monoisotopic (exact) mass is 285 g/mol. The molecule has 1 aliphatic rings. The summed E-state index contributed by atoms with van der Waals surface area (Å²) >= 11 is 0. The summed E-state index contributed by atoms with van der Waals surface area (Å²) in [5, 5.41) is 0. The molecule has 1 aromatic carbocycles. The average molecular weight is 285 g/mol. The Labute approximate surface area is 112 Å². The Bertz CT molecular complexity index is 542. The molecule has 1 aromatic rings. The van der Waals surface area contributed by atoms with Gasteiger partial charge in [0.2, 0.25) is 0 Å². The molecule has 0 saturated carbocycles. The molecule has 0 amide bonds. The van der Waals surface area contributed by atoms with Gasteiger partial charge in [0.05, 0.1) is 12.6 Å². The molecule has 1 fully saturated rings. The van der Waals surface area contributed by atoms with E-state index in [1.807, 2.05) is 6.07 Å². The van der Waals surface area contributed by atoms with Crippen molar-refractivity contribution < 1.29 is 22.1 Å². The van der Waals surface area contributed by atoms with Gasteiger partial charge in [0.15, 0.2) is 6.10 Å². The number of esters is 1. The zero-order valence-corrected chi connectivity index (χ0v) is 11.2. The molecule has 0 bridgehead atoms. The first-order valence-electron chi connectivity index (χ1n) is 5.94. The number of rotatable bonds is 3. The van der Waals surface area contributed by atoms with E-state index in [-0.39, 0.29) is 13.0 Å². The molecule has 1 saturated heterocycles. The molecule has 2 atom stereocenters. The molecule has 6 nitrogen and oxygen atoms in total. The van der Waals surface area contributed by atoms with E-state index in [1.54, 1.807) is 31.2 Å². The molecule has 0 aliphatic carbocycles. The molecule has 1 aliphatic heterocycles. The van der Waals surface area contributed by atoms with E-state index in [0.717, 1.165) is 5.56 Å². The summed E-state index contributed by atoms with van der Waals surface area (Å²) in [5.74, 6) is -0.659. The van der Waals surface area contributed by atoms with Crippen molar-refractivity contribution in [1.29, 1.82) is 0 Å². The molecule has 2 rings (SSSR count). The van der Waals surface area contributed by atoms with Crippen molar-refractivity contribution in [2.45, 2.75) is 25.5 Å². The molecule has 1 N–H and O–H groups in total. The van der Waals surface area contributed by atoms with Crippen LogP contribution in [0.3, 0.4) is 0 Å². The number of ether oxygens (including phenoxy) is 1. The first-order chi connectivity index (χ1) is 9.02. The highest BCUT2D eigenvalue weighted by molar-refractivity contribution is 7.84. The molecule has 19 heavy (non-hydrogen) atoms. The standard InChI is InChI=1S/C12H15NO5S/c1-2-17-12(14)11-8-10(13-19(15,16)18-11)9-6-4-3-5-7-9/h3-7,10-11,13H,2,8H2,1H3. The Morgan fingerprint density at radius 2 is 2.11 bits per heavy atom. The Morgan fingerprint density at radius 3 is 2.74 bits per heavy atom. The SMILES string of the molecule is CCOC(=O)C1CC(c2ccccc2)NS(=O)(=O)O1. The molecule has 0 radical (unpaired) electrons. The highest BCUT2D eigenvalue weighted by Gasteiger charge is 2.37. The minimum atomic E-state index is -3.94. The number of carbonyl (C=O) groups is 1. The van der Waals surface area contributed by atoms with Gasteiger partial charge in [-0.2, -0.15) is 13.1 Å². The Morgan fingerprint density at radius 1 is 1.42 bits per heavy atom. The van der Waals surface area contributed by atoms with Gasteiger partial charge in [-0.05, 0) is 12.5 Å². The van der Waals surface area contributed by atoms with Crippen LogP contribution in [-0.2, 0) is 24.0 Å². The Hall–Kier alpha value is -1.44. The average Bonchev–Trinajstić information content (AvgIpc) is 2.38. The van der Waals surface area contributed by atoms with Crippen LogP contribution in [-0.4, -0.2) is 27.1 Å². The maximum atomic E-state index is 11.6. The van der Waals surface area contributed by atoms with E-state index in [2.05, 4.69) is 4.72 Å². The van der Waals surface area contributed by atoms with E-state index in [4.69, 9.17) is 8.92 Å². The van der Waals surface area contributed by atoms with Crippen molar-refractivity contribution >= 4 is 16.3 Å². The van der Waals surface area contributed by atoms with Crippen LogP contribution in [0.15, 0.2) is 30.3 Å². The van der Waals surface area contributed by atoms with Gasteiger partial charge in [0.25, 0.3) is 0 Å². The maximum Gasteiger partial charge on any atom is 0.337 e. The maximum absolute atomic E-state index is 11.6. The highest BCUT2D eigenvalue weighted by atomic mass is 32.2. The number of benzene rings is 1. The molecule has 104 valence electrons. The fourth-order valence-electron chi connectivity index (χ4n) is 1.92. The van der Waals surface area contributed by atoms with Gasteiger partial charge in [-0.25, -0.2) is 8.98 Å². The third kappa shape index (κ3) is 3.52. The quantitative estimate of drug-likeness (QED) is 0.835. The van der Waals surface area contributed by atoms with Crippen molar-refractivity contribution in [3.8, 4) is 0 Å². The second kappa shape index (κ2) is 5.68. The molecule has 1 heterocycles. The second-order valence-electron chi connectivity index (χ2n) is 4.11. The van der Waals surface area contributed by atoms with Crippen LogP contribution in [0.5, 0.6) is 0 Å². The van der Waals surface area contributed by atoms with Crippen LogP contribution in [0.2, 0.25) is 0 Å². The van der Waals surface area contributed by atoms with Crippen LogP contribution in [0.25, 0.3) is 0 Å². The summed E-state index contributed by atoms with van der Waals surface area (Å²) in [6.07, 6.45) is -0.890. The summed E-state index contributed by atoms with van der Waals surface area (Å²) in [6.45, 7) is 1.84. The zero-order chi connectivity index (χ0) is 13.9. The van der Waals surface area contributed by atoms with Gasteiger partial charge >= 0.3 is 16.3 Å². The summed E-state index contributed by atoms with van der Waals surface area (Å²) in [6, 6.07) is 8.53. The smallest absolute Gasteiger partial charge is 0.337 e. The second-order valence-corrected chi connectivity index (χ2v) is 5.44. The van der Waals surface area contributed by atoms with Crippen LogP contribution in [0.1, 0.15) is 24.9 Å². The van der Waals surface area contributed by atoms with Crippen molar-refractivity contribution in [2.75, 3.05) is 6.61 Å². The molecule has 7 heteroatoms. The van der Waals surface area contributed by atoms with Gasteiger partial charge < -0.3 is 4.74 Å². The lowest BCUT2D eigenvalue weighted by molar-refractivity contribution is -0.152. The lowest BCUT2D eigenvalue weighted by Crippen LogP contribution is -2.44. The number of carbonyl (C=O) groups excluding carboxylic acids is 1. The third-order valence-electron chi connectivity index (χ3n) is 2.73. The molecular weight excluding hydrogens is 270 g/mol. The number of nitrogens with one attached hydrogen (secondary N) is 1. The lowest BCUT2D eigenvalue weighted by Gasteiger charge is -2.28. The highest BCUT2D eigenvalue weighted by Crippen LogP contribution is 2.26. The van der Waals surface area contributed by atoms with E-state index in [1.165, 1.54) is 0 Å².